The van der Waals surface area contributed by atoms with Gasteiger partial charge >= 0.3 is 5.97 Å². The molecular weight excluding hydrogens is 264 g/mol. The Labute approximate surface area is 112 Å². The molecule has 0 saturated heterocycles. The number of nitro groups is 1. The van der Waals surface area contributed by atoms with Crippen molar-refractivity contribution in [2.75, 3.05) is 0 Å². The summed E-state index contributed by atoms with van der Waals surface area (Å²) in [7, 11) is 1.45. The van der Waals surface area contributed by atoms with Gasteiger partial charge in [-0.05, 0) is 29.8 Å². The van der Waals surface area contributed by atoms with E-state index >= 15 is 0 Å². The van der Waals surface area contributed by atoms with E-state index in [9.17, 15) is 19.7 Å². The Hall–Kier alpha value is -2.96. The molecule has 1 N–H and O–H groups in total. The zero-order valence-electron chi connectivity index (χ0n) is 10.4. The van der Waals surface area contributed by atoms with Crippen molar-refractivity contribution in [1.82, 2.24) is 4.57 Å². The number of non-ortho nitro benzene ring substituents is 1. The maximum absolute atomic E-state index is 11.9. The van der Waals surface area contributed by atoms with Crippen LogP contribution in [-0.2, 0) is 7.05 Å². The van der Waals surface area contributed by atoms with E-state index in [0.29, 0.717) is 11.3 Å². The molecule has 0 fully saturated rings. The first-order chi connectivity index (χ1) is 9.41. The van der Waals surface area contributed by atoms with Gasteiger partial charge in [0.05, 0.1) is 10.6 Å². The highest BCUT2D eigenvalue weighted by atomic mass is 16.6. The molecule has 0 saturated carbocycles. The first-order valence-corrected chi connectivity index (χ1v) is 5.60. The molecular formula is C13H10N2O5. The number of hydrogen-bond donors (Lipinski definition) is 1. The number of carbonyl (C=O) groups is 1. The van der Waals surface area contributed by atoms with E-state index in [-0.39, 0.29) is 11.3 Å². The molecule has 7 heteroatoms. The summed E-state index contributed by atoms with van der Waals surface area (Å²) in [6, 6.07) is 8.38. The maximum Gasteiger partial charge on any atom is 0.341 e. The number of carboxylic acids is 1. The lowest BCUT2D eigenvalue weighted by molar-refractivity contribution is -0.384. The van der Waals surface area contributed by atoms with Gasteiger partial charge in [-0.1, -0.05) is 0 Å². The van der Waals surface area contributed by atoms with E-state index in [1.165, 1.54) is 48.0 Å². The van der Waals surface area contributed by atoms with Crippen molar-refractivity contribution in [3.05, 3.63) is 62.4 Å². The lowest BCUT2D eigenvalue weighted by atomic mass is 10.1. The van der Waals surface area contributed by atoms with Crippen molar-refractivity contribution >= 4 is 11.7 Å². The van der Waals surface area contributed by atoms with E-state index in [1.807, 2.05) is 0 Å². The molecule has 0 spiro atoms. The molecule has 7 nitrogen and oxygen atoms in total. The second-order valence-corrected chi connectivity index (χ2v) is 4.11. The van der Waals surface area contributed by atoms with Crippen LogP contribution in [0.5, 0.6) is 0 Å². The van der Waals surface area contributed by atoms with Crippen molar-refractivity contribution in [1.29, 1.82) is 0 Å². The van der Waals surface area contributed by atoms with Gasteiger partial charge in [-0.2, -0.15) is 0 Å². The number of aromatic nitrogens is 1. The maximum atomic E-state index is 11.9. The minimum atomic E-state index is -1.29. The van der Waals surface area contributed by atoms with Crippen LogP contribution < -0.4 is 5.56 Å². The number of pyridine rings is 1. The highest BCUT2D eigenvalue weighted by molar-refractivity contribution is 5.87. The van der Waals surface area contributed by atoms with Crippen molar-refractivity contribution in [2.45, 2.75) is 0 Å². The number of nitrogens with zero attached hydrogens (tertiary/aromatic N) is 2. The van der Waals surface area contributed by atoms with Crippen LogP contribution in [-0.4, -0.2) is 20.6 Å². The van der Waals surface area contributed by atoms with Gasteiger partial charge in [-0.15, -0.1) is 0 Å². The Balaban J connectivity index is 2.54. The normalized spacial score (nSPS) is 10.2. The summed E-state index contributed by atoms with van der Waals surface area (Å²) in [6.45, 7) is 0. The molecule has 20 heavy (non-hydrogen) atoms. The van der Waals surface area contributed by atoms with Crippen LogP contribution in [0.15, 0.2) is 41.2 Å². The number of aromatic carboxylic acids is 1. The molecule has 0 amide bonds. The van der Waals surface area contributed by atoms with Crippen LogP contribution in [0.3, 0.4) is 0 Å². The van der Waals surface area contributed by atoms with Gasteiger partial charge in [-0.25, -0.2) is 4.79 Å². The third-order valence-electron chi connectivity index (χ3n) is 2.91. The monoisotopic (exact) mass is 274 g/mol. The second-order valence-electron chi connectivity index (χ2n) is 4.11. The fourth-order valence-corrected chi connectivity index (χ4v) is 1.84. The topological polar surface area (TPSA) is 102 Å². The second kappa shape index (κ2) is 4.96. The average Bonchev–Trinajstić information content (AvgIpc) is 2.41. The predicted molar refractivity (Wildman–Crippen MR) is 70.7 cm³/mol. The number of benzene rings is 1. The van der Waals surface area contributed by atoms with Crippen LogP contribution in [0, 0.1) is 10.1 Å². The molecule has 0 bridgehead atoms. The molecule has 0 atom stereocenters. The van der Waals surface area contributed by atoms with Gasteiger partial charge in [0.1, 0.15) is 5.56 Å². The minimum Gasteiger partial charge on any atom is -0.477 e. The highest BCUT2D eigenvalue weighted by Gasteiger charge is 2.13. The highest BCUT2D eigenvalue weighted by Crippen LogP contribution is 2.21. The third-order valence-corrected chi connectivity index (χ3v) is 2.91. The zero-order valence-corrected chi connectivity index (χ0v) is 10.4. The number of carboxylic acid groups (broad SMARTS) is 1. The van der Waals surface area contributed by atoms with Crippen molar-refractivity contribution < 1.29 is 14.8 Å². The fourth-order valence-electron chi connectivity index (χ4n) is 1.84. The summed E-state index contributed by atoms with van der Waals surface area (Å²) in [5.41, 5.74) is 0.0643. The Morgan fingerprint density at radius 1 is 1.20 bits per heavy atom. The number of hydrogen-bond acceptors (Lipinski definition) is 4. The van der Waals surface area contributed by atoms with Crippen molar-refractivity contribution in [3.63, 3.8) is 0 Å². The summed E-state index contributed by atoms with van der Waals surface area (Å²) < 4.78 is 1.20. The quantitative estimate of drug-likeness (QED) is 0.677. The molecule has 0 aliphatic heterocycles. The number of nitro benzene ring substituents is 1. The Morgan fingerprint density at radius 3 is 2.30 bits per heavy atom. The van der Waals surface area contributed by atoms with Crippen LogP contribution in [0.1, 0.15) is 10.4 Å². The molecule has 2 rings (SSSR count). The van der Waals surface area contributed by atoms with Gasteiger partial charge in [0.15, 0.2) is 0 Å². The lowest BCUT2D eigenvalue weighted by Gasteiger charge is -2.08. The summed E-state index contributed by atoms with van der Waals surface area (Å²) >= 11 is 0. The van der Waals surface area contributed by atoms with Gasteiger partial charge < -0.3 is 9.67 Å². The van der Waals surface area contributed by atoms with Gasteiger partial charge in [0.25, 0.3) is 11.2 Å². The fraction of sp³-hybridized carbons (Fsp3) is 0.0769. The molecule has 1 heterocycles. The van der Waals surface area contributed by atoms with Crippen molar-refractivity contribution in [3.8, 4) is 11.3 Å². The molecule has 1 aromatic carbocycles. The summed E-state index contributed by atoms with van der Waals surface area (Å²) in [4.78, 5) is 32.8. The third kappa shape index (κ3) is 2.28. The van der Waals surface area contributed by atoms with E-state index in [1.54, 1.807) is 0 Å². The standard InChI is InChI=1S/C13H10N2O5/c1-14-11(7-6-10(12(14)16)13(17)18)8-2-4-9(5-3-8)15(19)20/h2-7H,1H3,(H,17,18). The van der Waals surface area contributed by atoms with E-state index in [4.69, 9.17) is 5.11 Å². The first-order valence-electron chi connectivity index (χ1n) is 5.60. The molecule has 0 radical (unpaired) electrons. The van der Waals surface area contributed by atoms with Gasteiger partial charge in [-0.3, -0.25) is 14.9 Å². The van der Waals surface area contributed by atoms with Crippen LogP contribution in [0.25, 0.3) is 11.3 Å². The Bertz CT molecular complexity index is 746. The smallest absolute Gasteiger partial charge is 0.341 e. The first kappa shape index (κ1) is 13.5. The van der Waals surface area contributed by atoms with Crippen LogP contribution >= 0.6 is 0 Å². The molecule has 102 valence electrons. The summed E-state index contributed by atoms with van der Waals surface area (Å²) in [5.74, 6) is -1.29. The summed E-state index contributed by atoms with van der Waals surface area (Å²) in [5, 5.41) is 19.4. The van der Waals surface area contributed by atoms with E-state index in [0.717, 1.165) is 0 Å². The largest absolute Gasteiger partial charge is 0.477 e. The van der Waals surface area contributed by atoms with E-state index < -0.39 is 16.5 Å². The molecule has 0 aliphatic rings. The van der Waals surface area contributed by atoms with Crippen LogP contribution in [0.2, 0.25) is 0 Å². The number of rotatable bonds is 3. The molecule has 0 unspecified atom stereocenters. The van der Waals surface area contributed by atoms with Crippen LogP contribution in [0.4, 0.5) is 5.69 Å². The van der Waals surface area contributed by atoms with Gasteiger partial charge in [0, 0.05) is 19.2 Å². The molecule has 1 aromatic heterocycles. The minimum absolute atomic E-state index is 0.0547. The molecule has 2 aromatic rings. The average molecular weight is 274 g/mol. The zero-order chi connectivity index (χ0) is 14.9. The Kier molecular flexibility index (Phi) is 3.34. The van der Waals surface area contributed by atoms with E-state index in [2.05, 4.69) is 0 Å². The summed E-state index contributed by atoms with van der Waals surface area (Å²) in [6.07, 6.45) is 0. The lowest BCUT2D eigenvalue weighted by Crippen LogP contribution is -2.25. The molecule has 0 aliphatic carbocycles. The Morgan fingerprint density at radius 2 is 1.80 bits per heavy atom. The van der Waals surface area contributed by atoms with Crippen molar-refractivity contribution in [2.24, 2.45) is 7.05 Å². The van der Waals surface area contributed by atoms with Gasteiger partial charge in [0.2, 0.25) is 0 Å². The SMILES string of the molecule is Cn1c(-c2ccc([N+](=O)[O-])cc2)ccc(C(=O)O)c1=O. The predicted octanol–water partition coefficient (Wildman–Crippen LogP) is 1.66.